The van der Waals surface area contributed by atoms with Gasteiger partial charge in [0.1, 0.15) is 0 Å². The quantitative estimate of drug-likeness (QED) is 0.374. The van der Waals surface area contributed by atoms with Crippen molar-refractivity contribution in [2.45, 2.75) is 52.9 Å². The van der Waals surface area contributed by atoms with Gasteiger partial charge in [0.05, 0.1) is 0 Å². The van der Waals surface area contributed by atoms with E-state index in [2.05, 4.69) is 40.0 Å². The molecule has 0 aromatic carbocycles. The molecular weight excluding hydrogens is 180 g/mol. The van der Waals surface area contributed by atoms with Gasteiger partial charge < -0.3 is 0 Å². The van der Waals surface area contributed by atoms with E-state index in [1.54, 1.807) is 0 Å². The zero-order valence-corrected chi connectivity index (χ0v) is 10.7. The van der Waals surface area contributed by atoms with Gasteiger partial charge in [-0.15, -0.1) is 0 Å². The minimum absolute atomic E-state index is 0.820. The molecule has 0 atom stereocenters. The Balaban J connectivity index is 3.54. The first-order valence-electron chi connectivity index (χ1n) is 6.02. The van der Waals surface area contributed by atoms with E-state index in [0.29, 0.717) is 0 Å². The fraction of sp³-hybridized carbons (Fsp3) is 0.600. The molecule has 0 unspecified atom stereocenters. The van der Waals surface area contributed by atoms with Crippen LogP contribution in [0.25, 0.3) is 0 Å². The molecule has 0 aromatic heterocycles. The second-order valence-electron chi connectivity index (χ2n) is 4.73. The molecule has 0 saturated heterocycles. The molecule has 0 bridgehead atoms. The van der Waals surface area contributed by atoms with Gasteiger partial charge in [-0.05, 0) is 38.5 Å². The number of hydrogen-bond acceptors (Lipinski definition) is 0. The third-order valence-electron chi connectivity index (χ3n) is 2.60. The summed E-state index contributed by atoms with van der Waals surface area (Å²) in [5, 5.41) is 0. The first-order chi connectivity index (χ1) is 7.06. The molecule has 0 aliphatic carbocycles. The predicted molar refractivity (Wildman–Crippen MR) is 71.0 cm³/mol. The van der Waals surface area contributed by atoms with Gasteiger partial charge >= 0.3 is 0 Å². The first kappa shape index (κ1) is 14.2. The van der Waals surface area contributed by atoms with Gasteiger partial charge in [0.15, 0.2) is 0 Å². The molecule has 0 heterocycles. The molecule has 0 aliphatic heterocycles. The lowest BCUT2D eigenvalue weighted by Crippen LogP contribution is -1.88. The maximum absolute atomic E-state index is 4.12. The van der Waals surface area contributed by atoms with E-state index in [1.807, 2.05) is 6.08 Å². The molecule has 0 fully saturated rings. The molecule has 0 rings (SSSR count). The molecule has 86 valence electrons. The summed E-state index contributed by atoms with van der Waals surface area (Å²) in [6, 6.07) is 0. The molecule has 0 saturated carbocycles. The van der Waals surface area contributed by atoms with Crippen LogP contribution in [0.5, 0.6) is 0 Å². The van der Waals surface area contributed by atoms with Crippen molar-refractivity contribution in [2.75, 3.05) is 0 Å². The molecule has 15 heavy (non-hydrogen) atoms. The lowest BCUT2D eigenvalue weighted by molar-refractivity contribution is 0.551. The van der Waals surface area contributed by atoms with E-state index in [1.165, 1.54) is 30.4 Å². The molecule has 0 aliphatic rings. The average Bonchev–Trinajstić information content (AvgIpc) is 2.17. The Morgan fingerprint density at radius 1 is 1.27 bits per heavy atom. The Hall–Kier alpha value is -0.780. The van der Waals surface area contributed by atoms with E-state index >= 15 is 0 Å². The van der Waals surface area contributed by atoms with Gasteiger partial charge in [0.2, 0.25) is 0 Å². The van der Waals surface area contributed by atoms with Crippen molar-refractivity contribution in [3.63, 3.8) is 0 Å². The van der Waals surface area contributed by atoms with E-state index < -0.39 is 0 Å². The van der Waals surface area contributed by atoms with E-state index in [4.69, 9.17) is 0 Å². The van der Waals surface area contributed by atoms with Crippen molar-refractivity contribution in [1.82, 2.24) is 0 Å². The standard InChI is InChI=1S/C15H26/c1-6-14(4)10-8-12-15(5)11-7-9-13(2)3/h6,10,13H,1,5,7-9,11-12H2,2-4H3/b14-10+. The Morgan fingerprint density at radius 3 is 2.47 bits per heavy atom. The molecule has 0 nitrogen and oxygen atoms in total. The Bertz CT molecular complexity index is 218. The Morgan fingerprint density at radius 2 is 1.93 bits per heavy atom. The second kappa shape index (κ2) is 8.52. The Kier molecular flexibility index (Phi) is 8.08. The number of hydrogen-bond donors (Lipinski definition) is 0. The highest BCUT2D eigenvalue weighted by atomic mass is 14.0. The number of allylic oxidation sites excluding steroid dienone is 4. The smallest absolute Gasteiger partial charge is 0.0288 e. The molecular formula is C15H26. The molecule has 0 amide bonds. The SMILES string of the molecule is C=C/C(C)=C/CCC(=C)CCCC(C)C. The van der Waals surface area contributed by atoms with E-state index in [9.17, 15) is 0 Å². The monoisotopic (exact) mass is 206 g/mol. The van der Waals surface area contributed by atoms with Crippen LogP contribution in [-0.4, -0.2) is 0 Å². The minimum atomic E-state index is 0.820. The molecule has 0 aromatic rings. The van der Waals surface area contributed by atoms with Crippen molar-refractivity contribution in [3.8, 4) is 0 Å². The highest BCUT2D eigenvalue weighted by molar-refractivity contribution is 5.13. The highest BCUT2D eigenvalue weighted by Crippen LogP contribution is 2.15. The van der Waals surface area contributed by atoms with Crippen LogP contribution in [0.1, 0.15) is 52.9 Å². The van der Waals surface area contributed by atoms with Gasteiger partial charge in [-0.1, -0.05) is 56.7 Å². The van der Waals surface area contributed by atoms with Gasteiger partial charge in [0.25, 0.3) is 0 Å². The number of rotatable bonds is 8. The van der Waals surface area contributed by atoms with Crippen molar-refractivity contribution in [2.24, 2.45) is 5.92 Å². The van der Waals surface area contributed by atoms with Crippen LogP contribution in [0, 0.1) is 5.92 Å². The fourth-order valence-electron chi connectivity index (χ4n) is 1.47. The topological polar surface area (TPSA) is 0 Å². The molecule has 0 radical (unpaired) electrons. The van der Waals surface area contributed by atoms with Crippen LogP contribution in [0.2, 0.25) is 0 Å². The second-order valence-corrected chi connectivity index (χ2v) is 4.73. The van der Waals surface area contributed by atoms with Crippen LogP contribution in [0.3, 0.4) is 0 Å². The van der Waals surface area contributed by atoms with Crippen molar-refractivity contribution in [1.29, 1.82) is 0 Å². The summed E-state index contributed by atoms with van der Waals surface area (Å²) in [5.41, 5.74) is 2.66. The minimum Gasteiger partial charge on any atom is -0.0999 e. The predicted octanol–water partition coefficient (Wildman–Crippen LogP) is 5.28. The van der Waals surface area contributed by atoms with Crippen molar-refractivity contribution in [3.05, 3.63) is 36.5 Å². The molecule has 0 heteroatoms. The summed E-state index contributed by atoms with van der Waals surface area (Å²) in [6.07, 6.45) is 10.2. The highest BCUT2D eigenvalue weighted by Gasteiger charge is 1.97. The average molecular weight is 206 g/mol. The summed E-state index contributed by atoms with van der Waals surface area (Å²) in [5.74, 6) is 0.820. The van der Waals surface area contributed by atoms with Crippen LogP contribution in [0.15, 0.2) is 36.5 Å². The zero-order valence-electron chi connectivity index (χ0n) is 10.7. The fourth-order valence-corrected chi connectivity index (χ4v) is 1.47. The Labute approximate surface area is 95.8 Å². The normalized spacial score (nSPS) is 11.9. The van der Waals surface area contributed by atoms with Crippen LogP contribution in [0.4, 0.5) is 0 Å². The van der Waals surface area contributed by atoms with Crippen molar-refractivity contribution < 1.29 is 0 Å². The lowest BCUT2D eigenvalue weighted by Gasteiger charge is -2.06. The first-order valence-corrected chi connectivity index (χ1v) is 6.02. The lowest BCUT2D eigenvalue weighted by atomic mass is 10.0. The van der Waals surface area contributed by atoms with Gasteiger partial charge in [-0.2, -0.15) is 0 Å². The summed E-state index contributed by atoms with van der Waals surface area (Å²) in [4.78, 5) is 0. The van der Waals surface area contributed by atoms with E-state index in [-0.39, 0.29) is 0 Å². The van der Waals surface area contributed by atoms with Gasteiger partial charge in [-0.25, -0.2) is 0 Å². The summed E-state index contributed by atoms with van der Waals surface area (Å²) in [7, 11) is 0. The van der Waals surface area contributed by atoms with Crippen LogP contribution < -0.4 is 0 Å². The third-order valence-corrected chi connectivity index (χ3v) is 2.60. The molecule has 0 spiro atoms. The summed E-state index contributed by atoms with van der Waals surface area (Å²) >= 11 is 0. The summed E-state index contributed by atoms with van der Waals surface area (Å²) in [6.45, 7) is 14.5. The maximum Gasteiger partial charge on any atom is -0.0288 e. The van der Waals surface area contributed by atoms with Crippen LogP contribution >= 0.6 is 0 Å². The largest absolute Gasteiger partial charge is 0.0999 e. The van der Waals surface area contributed by atoms with Gasteiger partial charge in [0, 0.05) is 0 Å². The van der Waals surface area contributed by atoms with Crippen molar-refractivity contribution >= 4 is 0 Å². The summed E-state index contributed by atoms with van der Waals surface area (Å²) < 4.78 is 0. The third kappa shape index (κ3) is 9.52. The zero-order chi connectivity index (χ0) is 11.7. The van der Waals surface area contributed by atoms with Gasteiger partial charge in [-0.3, -0.25) is 0 Å². The van der Waals surface area contributed by atoms with E-state index in [0.717, 1.165) is 18.8 Å². The van der Waals surface area contributed by atoms with Crippen LogP contribution in [-0.2, 0) is 0 Å². The molecule has 0 N–H and O–H groups in total. The maximum atomic E-state index is 4.12.